The minimum Gasteiger partial charge on any atom is -0.377 e. The number of aromatic nitrogens is 2. The SMILES string of the molecule is CCNC(=O)Nc1ccc(-c2nc(N3CCOC[C@@H]3C)cc(C(C)(C)S(=O)(=O)c3ccc(Cl)cc3)n2)cc1. The van der Waals surface area contributed by atoms with Crippen LogP contribution in [-0.2, 0) is 19.3 Å². The van der Waals surface area contributed by atoms with Gasteiger partial charge >= 0.3 is 6.03 Å². The Morgan fingerprint density at radius 3 is 2.45 bits per heavy atom. The van der Waals surface area contributed by atoms with Crippen LogP contribution in [0.4, 0.5) is 16.3 Å². The first-order valence-corrected chi connectivity index (χ1v) is 14.3. The van der Waals surface area contributed by atoms with Crippen LogP contribution in [0.15, 0.2) is 59.5 Å². The summed E-state index contributed by atoms with van der Waals surface area (Å²) in [6, 6.07) is 14.8. The number of carbonyl (C=O) groups excluding carboxylic acids is 1. The van der Waals surface area contributed by atoms with Crippen LogP contribution in [0.5, 0.6) is 0 Å². The molecule has 0 aliphatic carbocycles. The Labute approximate surface area is 228 Å². The molecule has 11 heteroatoms. The quantitative estimate of drug-likeness (QED) is 0.426. The smallest absolute Gasteiger partial charge is 0.319 e. The number of morpholine rings is 1. The van der Waals surface area contributed by atoms with Gasteiger partial charge in [0.2, 0.25) is 0 Å². The zero-order valence-corrected chi connectivity index (χ0v) is 23.4. The average Bonchev–Trinajstić information content (AvgIpc) is 2.89. The molecular weight excluding hydrogens is 526 g/mol. The van der Waals surface area contributed by atoms with Crippen molar-refractivity contribution in [1.82, 2.24) is 15.3 Å². The Hall–Kier alpha value is -3.21. The van der Waals surface area contributed by atoms with Crippen molar-refractivity contribution in [3.63, 3.8) is 0 Å². The minimum absolute atomic E-state index is 0.0546. The van der Waals surface area contributed by atoms with E-state index in [1.54, 1.807) is 56.3 Å². The molecule has 1 aliphatic heterocycles. The second kappa shape index (κ2) is 11.3. The highest BCUT2D eigenvalue weighted by molar-refractivity contribution is 7.92. The van der Waals surface area contributed by atoms with E-state index in [9.17, 15) is 13.2 Å². The maximum absolute atomic E-state index is 13.8. The molecule has 1 aromatic heterocycles. The van der Waals surface area contributed by atoms with Gasteiger partial charge in [-0.1, -0.05) is 11.6 Å². The second-order valence-corrected chi connectivity index (χ2v) is 12.5. The lowest BCUT2D eigenvalue weighted by Crippen LogP contribution is -2.44. The van der Waals surface area contributed by atoms with Crippen LogP contribution in [0, 0.1) is 0 Å². The molecule has 2 aromatic carbocycles. The average molecular weight is 558 g/mol. The highest BCUT2D eigenvalue weighted by atomic mass is 35.5. The number of nitrogens with zero attached hydrogens (tertiary/aromatic N) is 3. The van der Waals surface area contributed by atoms with Gasteiger partial charge in [0.05, 0.1) is 29.8 Å². The van der Waals surface area contributed by atoms with Gasteiger partial charge in [0.25, 0.3) is 0 Å². The van der Waals surface area contributed by atoms with Gasteiger partial charge in [0.1, 0.15) is 10.6 Å². The fraction of sp³-hybridized carbons (Fsp3) is 0.370. The van der Waals surface area contributed by atoms with Crippen molar-refractivity contribution in [1.29, 1.82) is 0 Å². The number of urea groups is 1. The molecule has 1 saturated heterocycles. The minimum atomic E-state index is -3.84. The summed E-state index contributed by atoms with van der Waals surface area (Å²) in [5, 5.41) is 5.91. The van der Waals surface area contributed by atoms with Gasteiger partial charge in [-0.3, -0.25) is 0 Å². The lowest BCUT2D eigenvalue weighted by Gasteiger charge is -2.35. The third-order valence-electron chi connectivity index (χ3n) is 6.53. The van der Waals surface area contributed by atoms with Gasteiger partial charge in [0.15, 0.2) is 15.7 Å². The van der Waals surface area contributed by atoms with Crippen LogP contribution >= 0.6 is 11.6 Å². The summed E-state index contributed by atoms with van der Waals surface area (Å²) in [4.78, 5) is 23.7. The topological polar surface area (TPSA) is 114 Å². The number of benzene rings is 2. The van der Waals surface area contributed by atoms with E-state index in [1.807, 2.05) is 13.8 Å². The van der Waals surface area contributed by atoms with E-state index in [4.69, 9.17) is 26.3 Å². The molecule has 3 aromatic rings. The first-order chi connectivity index (χ1) is 18.0. The Balaban J connectivity index is 1.78. The largest absolute Gasteiger partial charge is 0.377 e. The molecule has 4 rings (SSSR count). The molecule has 2 N–H and O–H groups in total. The van der Waals surface area contributed by atoms with Crippen LogP contribution in [0.1, 0.15) is 33.4 Å². The number of carbonyl (C=O) groups is 1. The summed E-state index contributed by atoms with van der Waals surface area (Å²) in [6.45, 7) is 9.41. The summed E-state index contributed by atoms with van der Waals surface area (Å²) in [6.07, 6.45) is 0. The Morgan fingerprint density at radius 1 is 1.13 bits per heavy atom. The van der Waals surface area contributed by atoms with Crippen LogP contribution in [0.2, 0.25) is 5.02 Å². The lowest BCUT2D eigenvalue weighted by atomic mass is 10.1. The number of rotatable bonds is 7. The second-order valence-electron chi connectivity index (χ2n) is 9.58. The summed E-state index contributed by atoms with van der Waals surface area (Å²) >= 11 is 6.00. The highest BCUT2D eigenvalue weighted by Gasteiger charge is 2.40. The molecule has 38 heavy (non-hydrogen) atoms. The first-order valence-electron chi connectivity index (χ1n) is 12.4. The summed E-state index contributed by atoms with van der Waals surface area (Å²) in [5.74, 6) is 1.02. The number of anilines is 2. The van der Waals surface area contributed by atoms with Crippen LogP contribution in [-0.4, -0.2) is 56.8 Å². The Kier molecular flexibility index (Phi) is 8.25. The van der Waals surface area contributed by atoms with E-state index in [0.29, 0.717) is 59.9 Å². The van der Waals surface area contributed by atoms with Gasteiger partial charge in [-0.15, -0.1) is 0 Å². The number of hydrogen-bond donors (Lipinski definition) is 2. The molecule has 0 radical (unpaired) electrons. The molecule has 2 amide bonds. The van der Waals surface area contributed by atoms with Gasteiger partial charge in [-0.05, 0) is 76.2 Å². The highest BCUT2D eigenvalue weighted by Crippen LogP contribution is 2.37. The maximum Gasteiger partial charge on any atom is 0.319 e. The van der Waals surface area contributed by atoms with Crippen molar-refractivity contribution in [2.75, 3.05) is 36.5 Å². The normalized spacial score (nSPS) is 16.2. The third-order valence-corrected chi connectivity index (χ3v) is 9.22. The molecule has 1 aliphatic rings. The van der Waals surface area contributed by atoms with E-state index < -0.39 is 14.6 Å². The van der Waals surface area contributed by atoms with E-state index in [1.165, 1.54) is 12.1 Å². The van der Waals surface area contributed by atoms with Crippen molar-refractivity contribution >= 4 is 39.0 Å². The molecule has 0 spiro atoms. The standard InChI is InChI=1S/C27H32ClN5O4S/c1-5-29-26(34)30-21-10-6-19(7-11-21)25-31-23(16-24(32-25)33-14-15-37-17-18(33)2)27(3,4)38(35,36)22-12-8-20(28)9-13-22/h6-13,16,18H,5,14-15,17H2,1-4H3,(H2,29,30,34)/t18-/m0/s1. The van der Waals surface area contributed by atoms with Gasteiger partial charge in [-0.25, -0.2) is 23.2 Å². The zero-order chi connectivity index (χ0) is 27.5. The Bertz CT molecular complexity index is 1400. The molecule has 202 valence electrons. The van der Waals surface area contributed by atoms with E-state index in [-0.39, 0.29) is 17.0 Å². The van der Waals surface area contributed by atoms with Crippen molar-refractivity contribution in [3.8, 4) is 11.4 Å². The van der Waals surface area contributed by atoms with Crippen molar-refractivity contribution in [2.24, 2.45) is 0 Å². The van der Waals surface area contributed by atoms with Gasteiger partial charge in [-0.2, -0.15) is 0 Å². The van der Waals surface area contributed by atoms with E-state index >= 15 is 0 Å². The summed E-state index contributed by atoms with van der Waals surface area (Å²) in [7, 11) is -3.84. The van der Waals surface area contributed by atoms with Gasteiger partial charge in [0, 0.05) is 35.4 Å². The molecule has 0 bridgehead atoms. The fourth-order valence-electron chi connectivity index (χ4n) is 4.17. The number of amides is 2. The number of halogens is 1. The van der Waals surface area contributed by atoms with Gasteiger partial charge < -0.3 is 20.3 Å². The molecule has 1 fully saturated rings. The van der Waals surface area contributed by atoms with Crippen LogP contribution in [0.25, 0.3) is 11.4 Å². The molecule has 0 unspecified atom stereocenters. The monoisotopic (exact) mass is 557 g/mol. The fourth-order valence-corrected chi connectivity index (χ4v) is 5.76. The molecule has 2 heterocycles. The predicted octanol–water partition coefficient (Wildman–Crippen LogP) is 4.87. The zero-order valence-electron chi connectivity index (χ0n) is 21.9. The van der Waals surface area contributed by atoms with Crippen molar-refractivity contribution in [3.05, 3.63) is 65.3 Å². The van der Waals surface area contributed by atoms with E-state index in [0.717, 1.165) is 0 Å². The van der Waals surface area contributed by atoms with Crippen LogP contribution in [0.3, 0.4) is 0 Å². The van der Waals surface area contributed by atoms with E-state index in [2.05, 4.69) is 15.5 Å². The molecular formula is C27H32ClN5O4S. The molecule has 1 atom stereocenters. The Morgan fingerprint density at radius 2 is 1.82 bits per heavy atom. The maximum atomic E-state index is 13.8. The van der Waals surface area contributed by atoms with Crippen molar-refractivity contribution < 1.29 is 17.9 Å². The summed E-state index contributed by atoms with van der Waals surface area (Å²) < 4.78 is 31.8. The number of sulfone groups is 1. The van der Waals surface area contributed by atoms with Crippen LogP contribution < -0.4 is 15.5 Å². The molecule has 9 nitrogen and oxygen atoms in total. The first kappa shape index (κ1) is 27.8. The lowest BCUT2D eigenvalue weighted by molar-refractivity contribution is 0.0985. The third kappa shape index (κ3) is 5.77. The number of ether oxygens (including phenoxy) is 1. The predicted molar refractivity (Wildman–Crippen MR) is 149 cm³/mol. The summed E-state index contributed by atoms with van der Waals surface area (Å²) in [5.41, 5.74) is 1.68. The van der Waals surface area contributed by atoms with Crippen molar-refractivity contribution in [2.45, 2.75) is 43.4 Å². The number of nitrogens with one attached hydrogen (secondary N) is 2. The molecule has 0 saturated carbocycles. The number of hydrogen-bond acceptors (Lipinski definition) is 7.